The molecule has 1 aromatic heterocycles. The van der Waals surface area contributed by atoms with Gasteiger partial charge in [0.25, 0.3) is 0 Å². The fourth-order valence-electron chi connectivity index (χ4n) is 2.08. The summed E-state index contributed by atoms with van der Waals surface area (Å²) in [6, 6.07) is 1.39. The average Bonchev–Trinajstić information content (AvgIpc) is 3.18. The molecule has 0 saturated heterocycles. The molecule has 1 N–H and O–H groups in total. The highest BCUT2D eigenvalue weighted by Crippen LogP contribution is 2.35. The third kappa shape index (κ3) is 4.56. The molecule has 7 heteroatoms. The van der Waals surface area contributed by atoms with Crippen LogP contribution in [0.15, 0.2) is 12.3 Å². The van der Waals surface area contributed by atoms with Crippen molar-refractivity contribution in [2.45, 2.75) is 51.5 Å². The number of rotatable bonds is 6. The summed E-state index contributed by atoms with van der Waals surface area (Å²) in [6.45, 7) is 2.94. The van der Waals surface area contributed by atoms with Gasteiger partial charge in [0, 0.05) is 30.4 Å². The second-order valence-corrected chi connectivity index (χ2v) is 5.62. The van der Waals surface area contributed by atoms with Crippen LogP contribution in [0, 0.1) is 5.82 Å². The van der Waals surface area contributed by atoms with Gasteiger partial charge in [0.05, 0.1) is 0 Å². The van der Waals surface area contributed by atoms with E-state index in [-0.39, 0.29) is 24.4 Å². The molecule has 0 unspecified atom stereocenters. The third-order valence-corrected chi connectivity index (χ3v) is 3.26. The van der Waals surface area contributed by atoms with E-state index in [0.717, 1.165) is 4.90 Å². The Bertz CT molecular complexity index is 484. The summed E-state index contributed by atoms with van der Waals surface area (Å²) in [5.41, 5.74) is 0.335. The van der Waals surface area contributed by atoms with Crippen LogP contribution >= 0.6 is 0 Å². The predicted molar refractivity (Wildman–Crippen MR) is 72.6 cm³/mol. The smallest absolute Gasteiger partial charge is 0.342 e. The van der Waals surface area contributed by atoms with Crippen LogP contribution in [-0.4, -0.2) is 29.8 Å². The second-order valence-electron chi connectivity index (χ2n) is 5.62. The third-order valence-electron chi connectivity index (χ3n) is 3.26. The quantitative estimate of drug-likeness (QED) is 0.818. The topological polar surface area (TPSA) is 28.2 Å². The first-order valence-electron chi connectivity index (χ1n) is 6.98. The summed E-state index contributed by atoms with van der Waals surface area (Å²) in [5.74, 6) is -0.861. The SMILES string of the molecule is CC(C)NCc1ccnc(N(CC(F)(F)F)C2CC2)c1F. The Kier molecular flexibility index (Phi) is 4.70. The van der Waals surface area contributed by atoms with Gasteiger partial charge in [-0.05, 0) is 18.9 Å². The number of pyridine rings is 1. The van der Waals surface area contributed by atoms with Gasteiger partial charge in [-0.15, -0.1) is 0 Å². The molecule has 1 saturated carbocycles. The van der Waals surface area contributed by atoms with Gasteiger partial charge in [-0.2, -0.15) is 13.2 Å². The van der Waals surface area contributed by atoms with E-state index in [1.165, 1.54) is 12.3 Å². The minimum absolute atomic E-state index is 0.163. The van der Waals surface area contributed by atoms with Crippen LogP contribution in [0.25, 0.3) is 0 Å². The molecule has 2 rings (SSSR count). The lowest BCUT2D eigenvalue weighted by molar-refractivity contribution is -0.120. The molecule has 1 aliphatic carbocycles. The Hall–Kier alpha value is -1.37. The van der Waals surface area contributed by atoms with Crippen molar-refractivity contribution in [2.24, 2.45) is 0 Å². The van der Waals surface area contributed by atoms with Gasteiger partial charge in [-0.1, -0.05) is 13.8 Å². The van der Waals surface area contributed by atoms with Crippen molar-refractivity contribution >= 4 is 5.82 Å². The Morgan fingerprint density at radius 1 is 1.38 bits per heavy atom. The maximum absolute atomic E-state index is 14.4. The molecular weight excluding hydrogens is 286 g/mol. The van der Waals surface area contributed by atoms with E-state index in [1.54, 1.807) is 0 Å². The lowest BCUT2D eigenvalue weighted by atomic mass is 10.2. The van der Waals surface area contributed by atoms with Crippen molar-refractivity contribution in [1.82, 2.24) is 10.3 Å². The number of aromatic nitrogens is 1. The van der Waals surface area contributed by atoms with E-state index in [0.29, 0.717) is 18.4 Å². The van der Waals surface area contributed by atoms with Crippen molar-refractivity contribution in [3.05, 3.63) is 23.6 Å². The molecule has 1 aromatic rings. The van der Waals surface area contributed by atoms with E-state index in [1.807, 2.05) is 13.8 Å². The lowest BCUT2D eigenvalue weighted by Gasteiger charge is -2.25. The fraction of sp³-hybridized carbons (Fsp3) is 0.643. The first-order chi connectivity index (χ1) is 9.78. The maximum atomic E-state index is 14.4. The van der Waals surface area contributed by atoms with Crippen molar-refractivity contribution in [2.75, 3.05) is 11.4 Å². The molecule has 0 aliphatic heterocycles. The van der Waals surface area contributed by atoms with Crippen LogP contribution < -0.4 is 10.2 Å². The number of nitrogens with zero attached hydrogens (tertiary/aromatic N) is 2. The molecular formula is C14H19F4N3. The van der Waals surface area contributed by atoms with E-state index < -0.39 is 18.5 Å². The molecule has 0 bridgehead atoms. The highest BCUT2D eigenvalue weighted by atomic mass is 19.4. The van der Waals surface area contributed by atoms with Crippen molar-refractivity contribution in [3.8, 4) is 0 Å². The summed E-state index contributed by atoms with van der Waals surface area (Å²) in [7, 11) is 0. The normalized spacial score (nSPS) is 15.6. The van der Waals surface area contributed by atoms with Gasteiger partial charge in [0.2, 0.25) is 0 Å². The van der Waals surface area contributed by atoms with E-state index in [4.69, 9.17) is 0 Å². The number of anilines is 1. The number of alkyl halides is 3. The number of halogens is 4. The monoisotopic (exact) mass is 305 g/mol. The molecule has 0 radical (unpaired) electrons. The lowest BCUT2D eigenvalue weighted by Crippen LogP contribution is -2.37. The predicted octanol–water partition coefficient (Wildman–Crippen LogP) is 3.25. The van der Waals surface area contributed by atoms with Gasteiger partial charge in [0.15, 0.2) is 11.6 Å². The van der Waals surface area contributed by atoms with E-state index >= 15 is 0 Å². The Labute approximate surface area is 121 Å². The Morgan fingerprint density at radius 2 is 2.05 bits per heavy atom. The molecule has 1 heterocycles. The molecule has 0 spiro atoms. The van der Waals surface area contributed by atoms with Gasteiger partial charge >= 0.3 is 6.18 Å². The molecule has 0 aromatic carbocycles. The van der Waals surface area contributed by atoms with Crippen LogP contribution in [0.4, 0.5) is 23.4 Å². The molecule has 1 aliphatic rings. The summed E-state index contributed by atoms with van der Waals surface area (Å²) in [5, 5.41) is 3.05. The van der Waals surface area contributed by atoms with Crippen LogP contribution in [0.1, 0.15) is 32.3 Å². The van der Waals surface area contributed by atoms with Crippen molar-refractivity contribution < 1.29 is 17.6 Å². The summed E-state index contributed by atoms with van der Waals surface area (Å²) in [4.78, 5) is 4.87. The van der Waals surface area contributed by atoms with Crippen molar-refractivity contribution in [3.63, 3.8) is 0 Å². The molecule has 0 amide bonds. The van der Waals surface area contributed by atoms with Gasteiger partial charge < -0.3 is 10.2 Å². The second kappa shape index (κ2) is 6.17. The Balaban J connectivity index is 2.22. The summed E-state index contributed by atoms with van der Waals surface area (Å²) < 4.78 is 52.4. The Morgan fingerprint density at radius 3 is 2.57 bits per heavy atom. The zero-order valence-electron chi connectivity index (χ0n) is 12.0. The number of hydrogen-bond acceptors (Lipinski definition) is 3. The van der Waals surface area contributed by atoms with E-state index in [9.17, 15) is 17.6 Å². The summed E-state index contributed by atoms with van der Waals surface area (Å²) in [6.07, 6.45) is -1.72. The molecule has 118 valence electrons. The minimum Gasteiger partial charge on any atom is -0.342 e. The molecule has 0 atom stereocenters. The highest BCUT2D eigenvalue weighted by Gasteiger charge is 2.40. The summed E-state index contributed by atoms with van der Waals surface area (Å²) >= 11 is 0. The first kappa shape index (κ1) is 16.0. The van der Waals surface area contributed by atoms with Crippen LogP contribution in [0.2, 0.25) is 0 Å². The minimum atomic E-state index is -4.37. The molecule has 21 heavy (non-hydrogen) atoms. The maximum Gasteiger partial charge on any atom is 0.405 e. The van der Waals surface area contributed by atoms with E-state index in [2.05, 4.69) is 10.3 Å². The fourth-order valence-corrected chi connectivity index (χ4v) is 2.08. The van der Waals surface area contributed by atoms with Gasteiger partial charge in [0.1, 0.15) is 6.54 Å². The first-order valence-corrected chi connectivity index (χ1v) is 6.98. The van der Waals surface area contributed by atoms with Gasteiger partial charge in [-0.25, -0.2) is 9.37 Å². The number of nitrogens with one attached hydrogen (secondary N) is 1. The average molecular weight is 305 g/mol. The number of hydrogen-bond donors (Lipinski definition) is 1. The van der Waals surface area contributed by atoms with Crippen LogP contribution in [0.5, 0.6) is 0 Å². The van der Waals surface area contributed by atoms with Crippen LogP contribution in [-0.2, 0) is 6.54 Å². The molecule has 1 fully saturated rings. The van der Waals surface area contributed by atoms with Gasteiger partial charge in [-0.3, -0.25) is 0 Å². The standard InChI is InChI=1S/C14H19F4N3/c1-9(2)20-7-10-5-6-19-13(12(10)15)21(11-3-4-11)8-14(16,17)18/h5-6,9,11,20H,3-4,7-8H2,1-2H3. The zero-order valence-corrected chi connectivity index (χ0v) is 12.0. The van der Waals surface area contributed by atoms with Crippen molar-refractivity contribution in [1.29, 1.82) is 0 Å². The van der Waals surface area contributed by atoms with Crippen LogP contribution in [0.3, 0.4) is 0 Å². The largest absolute Gasteiger partial charge is 0.405 e. The highest BCUT2D eigenvalue weighted by molar-refractivity contribution is 5.45. The zero-order chi connectivity index (χ0) is 15.6. The molecule has 3 nitrogen and oxygen atoms in total.